The van der Waals surface area contributed by atoms with Crippen molar-refractivity contribution in [1.29, 1.82) is 0 Å². The van der Waals surface area contributed by atoms with Crippen molar-refractivity contribution in [3.63, 3.8) is 0 Å². The first kappa shape index (κ1) is 15.0. The van der Waals surface area contributed by atoms with Gasteiger partial charge in [-0.15, -0.1) is 0 Å². The number of aromatic nitrogens is 1. The first-order valence-corrected chi connectivity index (χ1v) is 7.74. The molecule has 108 valence electrons. The van der Waals surface area contributed by atoms with Gasteiger partial charge in [0.05, 0.1) is 11.4 Å². The van der Waals surface area contributed by atoms with Crippen LogP contribution in [0.15, 0.2) is 47.5 Å². The zero-order valence-corrected chi connectivity index (χ0v) is 12.3. The Morgan fingerprint density at radius 3 is 2.62 bits per heavy atom. The monoisotopic (exact) mass is 301 g/mol. The molecule has 3 N–H and O–H groups in total. The van der Waals surface area contributed by atoms with E-state index in [0.717, 1.165) is 5.56 Å². The molecule has 2 rings (SSSR count). The third kappa shape index (κ3) is 4.05. The molecule has 1 aromatic heterocycles. The Balaban J connectivity index is 2.26. The summed E-state index contributed by atoms with van der Waals surface area (Å²) in [5, 5.41) is 0. The highest BCUT2D eigenvalue weighted by Gasteiger charge is 2.14. The van der Waals surface area contributed by atoms with Gasteiger partial charge in [-0.2, -0.15) is 0 Å². The number of anilines is 1. The van der Waals surface area contributed by atoms with Crippen molar-refractivity contribution in [2.75, 3.05) is 11.3 Å². The number of rotatable bonds is 3. The molecule has 0 aliphatic heterocycles. The molecule has 5 nitrogen and oxygen atoms in total. The third-order valence-corrected chi connectivity index (χ3v) is 4.04. The lowest BCUT2D eigenvalue weighted by Gasteiger charge is -2.07. The van der Waals surface area contributed by atoms with Gasteiger partial charge in [0.2, 0.25) is 0 Å². The van der Waals surface area contributed by atoms with Crippen molar-refractivity contribution in [1.82, 2.24) is 4.98 Å². The Hall–Kier alpha value is -2.36. The van der Waals surface area contributed by atoms with Crippen LogP contribution in [0.2, 0.25) is 0 Å². The summed E-state index contributed by atoms with van der Waals surface area (Å²) in [5.74, 6) is 5.75. The summed E-state index contributed by atoms with van der Waals surface area (Å²) in [6, 6.07) is 9.84. The first-order chi connectivity index (χ1) is 10.0. The van der Waals surface area contributed by atoms with Crippen molar-refractivity contribution < 1.29 is 8.42 Å². The highest BCUT2D eigenvalue weighted by molar-refractivity contribution is 7.92. The van der Waals surface area contributed by atoms with E-state index in [2.05, 4.69) is 21.5 Å². The summed E-state index contributed by atoms with van der Waals surface area (Å²) in [7, 11) is -3.65. The van der Waals surface area contributed by atoms with E-state index in [1.54, 1.807) is 36.4 Å². The maximum Gasteiger partial charge on any atom is 0.263 e. The Kier molecular flexibility index (Phi) is 4.58. The zero-order chi connectivity index (χ0) is 15.3. The highest BCUT2D eigenvalue weighted by atomic mass is 32.2. The van der Waals surface area contributed by atoms with Crippen LogP contribution in [0.25, 0.3) is 0 Å². The van der Waals surface area contributed by atoms with Gasteiger partial charge in [-0.3, -0.25) is 4.72 Å². The summed E-state index contributed by atoms with van der Waals surface area (Å²) < 4.78 is 26.9. The van der Waals surface area contributed by atoms with Crippen molar-refractivity contribution in [2.45, 2.75) is 11.8 Å². The van der Waals surface area contributed by atoms with Gasteiger partial charge in [0.1, 0.15) is 5.82 Å². The van der Waals surface area contributed by atoms with Crippen LogP contribution in [0.4, 0.5) is 5.82 Å². The maximum absolute atomic E-state index is 12.2. The number of nitrogens with one attached hydrogen (secondary N) is 1. The van der Waals surface area contributed by atoms with Crippen molar-refractivity contribution in [2.24, 2.45) is 5.73 Å². The zero-order valence-electron chi connectivity index (χ0n) is 11.5. The van der Waals surface area contributed by atoms with Crippen LogP contribution in [-0.2, 0) is 10.0 Å². The number of nitrogens with two attached hydrogens (primary N) is 1. The van der Waals surface area contributed by atoms with Gasteiger partial charge >= 0.3 is 0 Å². The molecule has 1 aromatic carbocycles. The van der Waals surface area contributed by atoms with Crippen LogP contribution in [0.5, 0.6) is 0 Å². The molecule has 6 heteroatoms. The van der Waals surface area contributed by atoms with Gasteiger partial charge in [-0.25, -0.2) is 13.4 Å². The topological polar surface area (TPSA) is 85.1 Å². The van der Waals surface area contributed by atoms with Crippen molar-refractivity contribution in [3.8, 4) is 11.8 Å². The number of hydrogen-bond donors (Lipinski definition) is 2. The van der Waals surface area contributed by atoms with Gasteiger partial charge in [0.25, 0.3) is 10.0 Å². The molecule has 2 aromatic rings. The van der Waals surface area contributed by atoms with Crippen molar-refractivity contribution >= 4 is 15.8 Å². The minimum atomic E-state index is -3.65. The molecule has 0 fully saturated rings. The van der Waals surface area contributed by atoms with E-state index in [1.807, 2.05) is 6.92 Å². The summed E-state index contributed by atoms with van der Waals surface area (Å²) >= 11 is 0. The Labute approximate surface area is 124 Å². The fourth-order valence-electron chi connectivity index (χ4n) is 1.63. The molecule has 0 spiro atoms. The summed E-state index contributed by atoms with van der Waals surface area (Å²) in [6.07, 6.45) is 1.49. The maximum atomic E-state index is 12.2. The van der Waals surface area contributed by atoms with Crippen molar-refractivity contribution in [3.05, 3.63) is 53.7 Å². The second-order valence-electron chi connectivity index (χ2n) is 4.35. The van der Waals surface area contributed by atoms with Crippen LogP contribution in [-0.4, -0.2) is 19.9 Å². The molecule has 0 bridgehead atoms. The lowest BCUT2D eigenvalue weighted by atomic mass is 10.2. The lowest BCUT2D eigenvalue weighted by molar-refractivity contribution is 0.601. The molecule has 21 heavy (non-hydrogen) atoms. The van der Waals surface area contributed by atoms with Gasteiger partial charge in [-0.05, 0) is 31.2 Å². The largest absolute Gasteiger partial charge is 0.320 e. The lowest BCUT2D eigenvalue weighted by Crippen LogP contribution is -2.13. The molecular weight excluding hydrogens is 286 g/mol. The molecule has 0 saturated heterocycles. The number of aryl methyl sites for hydroxylation is 1. The summed E-state index contributed by atoms with van der Waals surface area (Å²) in [6.45, 7) is 2.14. The van der Waals surface area contributed by atoms with E-state index >= 15 is 0 Å². The van der Waals surface area contributed by atoms with Gasteiger partial charge in [0.15, 0.2) is 0 Å². The van der Waals surface area contributed by atoms with Crippen LogP contribution in [0, 0.1) is 18.8 Å². The summed E-state index contributed by atoms with van der Waals surface area (Å²) in [5.41, 5.74) is 6.95. The normalized spacial score (nSPS) is 10.6. The average Bonchev–Trinajstić information content (AvgIpc) is 2.45. The molecule has 1 heterocycles. The van der Waals surface area contributed by atoms with Gasteiger partial charge < -0.3 is 5.73 Å². The molecule has 0 saturated carbocycles. The predicted octanol–water partition coefficient (Wildman–Crippen LogP) is 1.50. The fraction of sp³-hybridized carbons (Fsp3) is 0.133. The van der Waals surface area contributed by atoms with Crippen LogP contribution >= 0.6 is 0 Å². The standard InChI is InChI=1S/C15H15N3O2S/c1-12-4-6-14(7-5-12)21(19,20)18-15-11-13(3-2-9-16)8-10-17-15/h4-8,10-11H,9,16H2,1H3,(H,17,18). The number of nitrogens with zero attached hydrogens (tertiary/aromatic N) is 1. The Morgan fingerprint density at radius 1 is 1.24 bits per heavy atom. The summed E-state index contributed by atoms with van der Waals surface area (Å²) in [4.78, 5) is 4.17. The second kappa shape index (κ2) is 6.39. The first-order valence-electron chi connectivity index (χ1n) is 6.26. The molecule has 0 radical (unpaired) electrons. The number of sulfonamides is 1. The number of hydrogen-bond acceptors (Lipinski definition) is 4. The molecule has 0 unspecified atom stereocenters. The van der Waals surface area contributed by atoms with E-state index < -0.39 is 10.0 Å². The average molecular weight is 301 g/mol. The smallest absolute Gasteiger partial charge is 0.263 e. The van der Waals surface area contributed by atoms with E-state index in [0.29, 0.717) is 5.56 Å². The van der Waals surface area contributed by atoms with E-state index in [9.17, 15) is 8.42 Å². The molecular formula is C15H15N3O2S. The van der Waals surface area contributed by atoms with Crippen LogP contribution in [0.3, 0.4) is 0 Å². The Bertz CT molecular complexity index is 788. The minimum Gasteiger partial charge on any atom is -0.320 e. The molecule has 0 amide bonds. The van der Waals surface area contributed by atoms with E-state index in [4.69, 9.17) is 5.73 Å². The minimum absolute atomic E-state index is 0.188. The fourth-order valence-corrected chi connectivity index (χ4v) is 2.63. The number of benzene rings is 1. The third-order valence-electron chi connectivity index (χ3n) is 2.66. The second-order valence-corrected chi connectivity index (χ2v) is 6.04. The highest BCUT2D eigenvalue weighted by Crippen LogP contribution is 2.15. The Morgan fingerprint density at radius 2 is 1.95 bits per heavy atom. The van der Waals surface area contributed by atoms with Gasteiger partial charge in [-0.1, -0.05) is 29.5 Å². The van der Waals surface area contributed by atoms with E-state index in [1.165, 1.54) is 6.20 Å². The van der Waals surface area contributed by atoms with Crippen LogP contribution in [0.1, 0.15) is 11.1 Å². The van der Waals surface area contributed by atoms with E-state index in [-0.39, 0.29) is 17.3 Å². The SMILES string of the molecule is Cc1ccc(S(=O)(=O)Nc2cc(C#CCN)ccn2)cc1. The van der Waals surface area contributed by atoms with Gasteiger partial charge in [0, 0.05) is 11.8 Å². The quantitative estimate of drug-likeness (QED) is 0.841. The predicted molar refractivity (Wildman–Crippen MR) is 82.2 cm³/mol. The molecule has 0 aliphatic rings. The molecule has 0 aliphatic carbocycles. The number of pyridine rings is 1. The van der Waals surface area contributed by atoms with Crippen LogP contribution < -0.4 is 10.5 Å². The molecule has 0 atom stereocenters.